The molecule has 0 amide bonds. The maximum Gasteiger partial charge on any atom is 0.157 e. The Bertz CT molecular complexity index is 519. The van der Waals surface area contributed by atoms with Crippen molar-refractivity contribution in [1.29, 1.82) is 0 Å². The number of thiazole rings is 1. The molecule has 2 N–H and O–H groups in total. The number of anilines is 1. The molecule has 90 valence electrons. The number of aromatic nitrogens is 1. The summed E-state index contributed by atoms with van der Waals surface area (Å²) in [5.74, 6) is 0.440. The molecule has 0 fully saturated rings. The van der Waals surface area contributed by atoms with Gasteiger partial charge in [0.25, 0.3) is 0 Å². The number of hydrogen-bond acceptors (Lipinski definition) is 4. The third-order valence-corrected chi connectivity index (χ3v) is 3.53. The van der Waals surface area contributed by atoms with Gasteiger partial charge in [0, 0.05) is 16.8 Å². The molecule has 0 bridgehead atoms. The van der Waals surface area contributed by atoms with Crippen LogP contribution in [0.15, 0.2) is 17.5 Å². The molecule has 1 aromatic carbocycles. The van der Waals surface area contributed by atoms with Crippen molar-refractivity contribution < 1.29 is 4.74 Å². The van der Waals surface area contributed by atoms with Crippen molar-refractivity contribution in [2.24, 2.45) is 0 Å². The fourth-order valence-corrected chi connectivity index (χ4v) is 2.62. The Morgan fingerprint density at radius 2 is 2.00 bits per heavy atom. The maximum atomic E-state index is 6.00. The Balaban J connectivity index is 2.14. The van der Waals surface area contributed by atoms with E-state index in [1.807, 2.05) is 12.3 Å². The SMILES string of the molecule is Cc1csc(COc2c(Cl)cc(N)cc2Cl)n1. The summed E-state index contributed by atoms with van der Waals surface area (Å²) in [6.45, 7) is 2.28. The Labute approximate surface area is 113 Å². The largest absolute Gasteiger partial charge is 0.483 e. The van der Waals surface area contributed by atoms with Crippen LogP contribution < -0.4 is 10.5 Å². The number of halogens is 2. The summed E-state index contributed by atoms with van der Waals surface area (Å²) in [6, 6.07) is 3.21. The molecule has 0 unspecified atom stereocenters. The van der Waals surface area contributed by atoms with Gasteiger partial charge >= 0.3 is 0 Å². The van der Waals surface area contributed by atoms with E-state index >= 15 is 0 Å². The third kappa shape index (κ3) is 3.03. The smallest absolute Gasteiger partial charge is 0.157 e. The second-order valence-corrected chi connectivity index (χ2v) is 5.24. The summed E-state index contributed by atoms with van der Waals surface area (Å²) in [7, 11) is 0. The molecule has 6 heteroatoms. The van der Waals surface area contributed by atoms with Crippen molar-refractivity contribution in [1.82, 2.24) is 4.98 Å². The van der Waals surface area contributed by atoms with E-state index in [-0.39, 0.29) is 0 Å². The van der Waals surface area contributed by atoms with Gasteiger partial charge in [0.1, 0.15) is 11.6 Å². The van der Waals surface area contributed by atoms with Crippen LogP contribution >= 0.6 is 34.5 Å². The Morgan fingerprint density at radius 1 is 1.35 bits per heavy atom. The lowest BCUT2D eigenvalue weighted by Crippen LogP contribution is -1.97. The average Bonchev–Trinajstić information content (AvgIpc) is 2.62. The van der Waals surface area contributed by atoms with E-state index in [0.717, 1.165) is 10.7 Å². The van der Waals surface area contributed by atoms with Gasteiger partial charge in [-0.25, -0.2) is 4.98 Å². The topological polar surface area (TPSA) is 48.1 Å². The molecule has 0 atom stereocenters. The predicted molar refractivity (Wildman–Crippen MR) is 72.1 cm³/mol. The number of ether oxygens (including phenoxy) is 1. The van der Waals surface area contributed by atoms with Crippen molar-refractivity contribution in [3.05, 3.63) is 38.3 Å². The van der Waals surface area contributed by atoms with E-state index in [9.17, 15) is 0 Å². The molecule has 0 saturated carbocycles. The van der Waals surface area contributed by atoms with Gasteiger partial charge in [-0.2, -0.15) is 0 Å². The lowest BCUT2D eigenvalue weighted by molar-refractivity contribution is 0.306. The van der Waals surface area contributed by atoms with Crippen molar-refractivity contribution in [3.63, 3.8) is 0 Å². The minimum Gasteiger partial charge on any atom is -0.483 e. The number of rotatable bonds is 3. The quantitative estimate of drug-likeness (QED) is 0.871. The zero-order valence-electron chi connectivity index (χ0n) is 9.04. The Morgan fingerprint density at radius 3 is 2.53 bits per heavy atom. The van der Waals surface area contributed by atoms with E-state index in [1.54, 1.807) is 12.1 Å². The molecule has 0 aliphatic heterocycles. The molecular weight excluding hydrogens is 279 g/mol. The molecule has 17 heavy (non-hydrogen) atoms. The van der Waals surface area contributed by atoms with Crippen LogP contribution in [-0.4, -0.2) is 4.98 Å². The van der Waals surface area contributed by atoms with Gasteiger partial charge in [-0.05, 0) is 19.1 Å². The number of nitrogens with two attached hydrogens (primary N) is 1. The first kappa shape index (κ1) is 12.5. The average molecular weight is 289 g/mol. The molecular formula is C11H10Cl2N2OS. The Kier molecular flexibility index (Phi) is 3.76. The zero-order chi connectivity index (χ0) is 12.4. The lowest BCUT2D eigenvalue weighted by atomic mass is 10.3. The number of hydrogen-bond donors (Lipinski definition) is 1. The molecule has 0 radical (unpaired) electrons. The van der Waals surface area contributed by atoms with Crippen LogP contribution in [0.3, 0.4) is 0 Å². The normalized spacial score (nSPS) is 10.5. The number of nitrogens with zero attached hydrogens (tertiary/aromatic N) is 1. The molecule has 0 aliphatic carbocycles. The van der Waals surface area contributed by atoms with Crippen LogP contribution in [0.2, 0.25) is 10.0 Å². The maximum absolute atomic E-state index is 6.00. The van der Waals surface area contributed by atoms with E-state index in [2.05, 4.69) is 4.98 Å². The molecule has 0 saturated heterocycles. The number of nitrogen functional groups attached to an aromatic ring is 1. The summed E-state index contributed by atoms with van der Waals surface area (Å²) in [4.78, 5) is 4.29. The zero-order valence-corrected chi connectivity index (χ0v) is 11.4. The first-order chi connectivity index (χ1) is 8.06. The van der Waals surface area contributed by atoms with Gasteiger partial charge in [-0.15, -0.1) is 11.3 Å². The highest BCUT2D eigenvalue weighted by atomic mass is 35.5. The van der Waals surface area contributed by atoms with E-state index in [4.69, 9.17) is 33.7 Å². The van der Waals surface area contributed by atoms with Gasteiger partial charge in [0.2, 0.25) is 0 Å². The van der Waals surface area contributed by atoms with Gasteiger partial charge in [-0.1, -0.05) is 23.2 Å². The highest BCUT2D eigenvalue weighted by Crippen LogP contribution is 2.35. The molecule has 1 heterocycles. The number of benzene rings is 1. The van der Waals surface area contributed by atoms with Crippen LogP contribution in [0.5, 0.6) is 5.75 Å². The van der Waals surface area contributed by atoms with E-state index < -0.39 is 0 Å². The minimum absolute atomic E-state index is 0.349. The summed E-state index contributed by atoms with van der Waals surface area (Å²) in [5, 5.41) is 3.66. The molecule has 2 aromatic rings. The van der Waals surface area contributed by atoms with Crippen LogP contribution in [0.1, 0.15) is 10.7 Å². The van der Waals surface area contributed by atoms with E-state index in [1.165, 1.54) is 11.3 Å². The monoisotopic (exact) mass is 288 g/mol. The second-order valence-electron chi connectivity index (χ2n) is 3.48. The molecule has 1 aromatic heterocycles. The summed E-state index contributed by atoms with van der Waals surface area (Å²) in [5.41, 5.74) is 7.09. The summed E-state index contributed by atoms with van der Waals surface area (Å²) in [6.07, 6.45) is 0. The highest BCUT2D eigenvalue weighted by Gasteiger charge is 2.09. The van der Waals surface area contributed by atoms with Crippen molar-refractivity contribution >= 4 is 40.2 Å². The van der Waals surface area contributed by atoms with Gasteiger partial charge in [0.05, 0.1) is 10.0 Å². The van der Waals surface area contributed by atoms with Crippen molar-refractivity contribution in [2.45, 2.75) is 13.5 Å². The number of aryl methyl sites for hydroxylation is 1. The summed E-state index contributed by atoms with van der Waals surface area (Å²) >= 11 is 13.5. The van der Waals surface area contributed by atoms with Gasteiger partial charge in [0.15, 0.2) is 5.75 Å². The first-order valence-electron chi connectivity index (χ1n) is 4.84. The third-order valence-electron chi connectivity index (χ3n) is 2.03. The van der Waals surface area contributed by atoms with Crippen molar-refractivity contribution in [2.75, 3.05) is 5.73 Å². The fraction of sp³-hybridized carbons (Fsp3) is 0.182. The fourth-order valence-electron chi connectivity index (χ4n) is 1.32. The Hall–Kier alpha value is -0.970. The first-order valence-corrected chi connectivity index (χ1v) is 6.48. The van der Waals surface area contributed by atoms with E-state index in [0.29, 0.717) is 28.1 Å². The minimum atomic E-state index is 0.349. The summed E-state index contributed by atoms with van der Waals surface area (Å²) < 4.78 is 5.55. The lowest BCUT2D eigenvalue weighted by Gasteiger charge is -2.09. The standard InChI is InChI=1S/C11H10Cl2N2OS/c1-6-5-17-10(15-6)4-16-11-8(12)2-7(14)3-9(11)13/h2-3,5H,4,14H2,1H3. The van der Waals surface area contributed by atoms with Crippen LogP contribution in [-0.2, 0) is 6.61 Å². The van der Waals surface area contributed by atoms with Gasteiger partial charge in [-0.3, -0.25) is 0 Å². The molecule has 3 nitrogen and oxygen atoms in total. The molecule has 0 spiro atoms. The molecule has 2 rings (SSSR count). The highest BCUT2D eigenvalue weighted by molar-refractivity contribution is 7.09. The van der Waals surface area contributed by atoms with Crippen LogP contribution in [0.25, 0.3) is 0 Å². The predicted octanol–water partition coefficient (Wildman–Crippen LogP) is 3.92. The second kappa shape index (κ2) is 5.12. The van der Waals surface area contributed by atoms with Crippen molar-refractivity contribution in [3.8, 4) is 5.75 Å². The van der Waals surface area contributed by atoms with Crippen LogP contribution in [0, 0.1) is 6.92 Å². The van der Waals surface area contributed by atoms with Crippen LogP contribution in [0.4, 0.5) is 5.69 Å². The van der Waals surface area contributed by atoms with Gasteiger partial charge < -0.3 is 10.5 Å². The molecule has 0 aliphatic rings.